The molecule has 0 aliphatic rings. The summed E-state index contributed by atoms with van der Waals surface area (Å²) in [4.78, 5) is 20.4. The third-order valence-electron chi connectivity index (χ3n) is 1.78. The Kier molecular flexibility index (Phi) is 3.19. The van der Waals surface area contributed by atoms with Gasteiger partial charge in [-0.15, -0.1) is 0 Å². The molecule has 0 spiro atoms. The van der Waals surface area contributed by atoms with Crippen molar-refractivity contribution in [2.24, 2.45) is 0 Å². The summed E-state index contributed by atoms with van der Waals surface area (Å²) in [5, 5.41) is 13.1. The molecular formula is C8H7BrN2O3. The fourth-order valence-corrected chi connectivity index (χ4v) is 1.69. The number of nitrogens with zero attached hydrogens (tertiary/aromatic N) is 1. The van der Waals surface area contributed by atoms with Crippen molar-refractivity contribution in [1.82, 2.24) is 0 Å². The maximum Gasteiger partial charge on any atom is 0.288 e. The van der Waals surface area contributed by atoms with Gasteiger partial charge in [0.05, 0.1) is 20.6 Å². The Morgan fingerprint density at radius 2 is 2.21 bits per heavy atom. The Labute approximate surface area is 88.4 Å². The molecule has 0 atom stereocenters. The van der Waals surface area contributed by atoms with Crippen LogP contribution in [0.1, 0.15) is 5.56 Å². The number of nitrogens with one attached hydrogen (secondary N) is 1. The van der Waals surface area contributed by atoms with Crippen molar-refractivity contribution in [2.45, 2.75) is 6.92 Å². The van der Waals surface area contributed by atoms with E-state index >= 15 is 0 Å². The third-order valence-corrected chi connectivity index (χ3v) is 2.42. The number of amides is 1. The Bertz CT molecular complexity index is 392. The number of halogens is 1. The van der Waals surface area contributed by atoms with Crippen LogP contribution in [0.15, 0.2) is 16.6 Å². The Hall–Kier alpha value is -1.43. The number of benzene rings is 1. The van der Waals surface area contributed by atoms with Crippen molar-refractivity contribution < 1.29 is 9.72 Å². The molecule has 0 aliphatic heterocycles. The summed E-state index contributed by atoms with van der Waals surface area (Å²) in [7, 11) is 0. The van der Waals surface area contributed by atoms with Gasteiger partial charge in [-0.2, -0.15) is 0 Å². The van der Waals surface area contributed by atoms with E-state index in [4.69, 9.17) is 0 Å². The second-order valence-corrected chi connectivity index (χ2v) is 3.44. The lowest BCUT2D eigenvalue weighted by atomic mass is 10.1. The molecule has 1 N–H and O–H groups in total. The first-order valence-electron chi connectivity index (χ1n) is 3.71. The summed E-state index contributed by atoms with van der Waals surface area (Å²) in [6.07, 6.45) is 0.486. The van der Waals surface area contributed by atoms with Gasteiger partial charge in [0, 0.05) is 0 Å². The molecule has 0 bridgehead atoms. The maximum absolute atomic E-state index is 10.7. The van der Waals surface area contributed by atoms with Crippen LogP contribution in [0.25, 0.3) is 0 Å². The van der Waals surface area contributed by atoms with E-state index < -0.39 is 4.92 Å². The summed E-state index contributed by atoms with van der Waals surface area (Å²) in [5.41, 5.74) is 0.836. The van der Waals surface area contributed by atoms with Crippen LogP contribution in [0.2, 0.25) is 0 Å². The normalized spacial score (nSPS) is 9.57. The number of nitro benzene ring substituents is 1. The van der Waals surface area contributed by atoms with E-state index in [0.29, 0.717) is 22.1 Å². The summed E-state index contributed by atoms with van der Waals surface area (Å²) in [6.45, 7) is 1.58. The summed E-state index contributed by atoms with van der Waals surface area (Å²) < 4.78 is 0.399. The minimum atomic E-state index is -0.491. The molecule has 0 aliphatic carbocycles. The molecule has 1 aromatic carbocycles. The van der Waals surface area contributed by atoms with Crippen LogP contribution in [0.5, 0.6) is 0 Å². The first-order valence-corrected chi connectivity index (χ1v) is 4.51. The van der Waals surface area contributed by atoms with Gasteiger partial charge in [0.2, 0.25) is 6.41 Å². The molecule has 14 heavy (non-hydrogen) atoms. The number of hydrogen-bond acceptors (Lipinski definition) is 3. The highest BCUT2D eigenvalue weighted by molar-refractivity contribution is 9.10. The second kappa shape index (κ2) is 4.19. The Balaban J connectivity index is 3.32. The zero-order valence-electron chi connectivity index (χ0n) is 7.28. The van der Waals surface area contributed by atoms with Gasteiger partial charge in [0.1, 0.15) is 0 Å². The lowest BCUT2D eigenvalue weighted by Gasteiger charge is -2.05. The van der Waals surface area contributed by atoms with Crippen molar-refractivity contribution in [3.63, 3.8) is 0 Å². The number of rotatable bonds is 3. The van der Waals surface area contributed by atoms with Crippen LogP contribution in [-0.4, -0.2) is 11.3 Å². The molecule has 0 heterocycles. The summed E-state index contributed by atoms with van der Waals surface area (Å²) in [6, 6.07) is 3.12. The lowest BCUT2D eigenvalue weighted by Crippen LogP contribution is -2.00. The molecular weight excluding hydrogens is 252 g/mol. The molecule has 5 nitrogen and oxygen atoms in total. The van der Waals surface area contributed by atoms with Crippen molar-refractivity contribution in [1.29, 1.82) is 0 Å². The van der Waals surface area contributed by atoms with E-state index in [9.17, 15) is 14.9 Å². The highest BCUT2D eigenvalue weighted by atomic mass is 79.9. The molecule has 6 heteroatoms. The van der Waals surface area contributed by atoms with Gasteiger partial charge < -0.3 is 5.32 Å². The smallest absolute Gasteiger partial charge is 0.288 e. The van der Waals surface area contributed by atoms with Gasteiger partial charge in [-0.05, 0) is 35.0 Å². The van der Waals surface area contributed by atoms with Crippen molar-refractivity contribution in [3.05, 3.63) is 32.3 Å². The van der Waals surface area contributed by atoms with E-state index in [1.165, 1.54) is 6.07 Å². The van der Waals surface area contributed by atoms with Crippen molar-refractivity contribution in [3.8, 4) is 0 Å². The minimum Gasteiger partial charge on any atom is -0.328 e. The van der Waals surface area contributed by atoms with Crippen molar-refractivity contribution in [2.75, 3.05) is 5.32 Å². The largest absolute Gasteiger partial charge is 0.328 e. The number of carbonyl (C=O) groups excluding carboxylic acids is 1. The monoisotopic (exact) mass is 258 g/mol. The minimum absolute atomic E-state index is 0.0307. The SMILES string of the molecule is Cc1c(NC=O)ccc(Br)c1[N+](=O)[O-]. The molecule has 0 radical (unpaired) electrons. The molecule has 0 unspecified atom stereocenters. The van der Waals surface area contributed by atoms with E-state index in [1.807, 2.05) is 0 Å². The van der Waals surface area contributed by atoms with E-state index in [1.54, 1.807) is 13.0 Å². The molecule has 1 rings (SSSR count). The third kappa shape index (κ3) is 1.90. The average molecular weight is 259 g/mol. The van der Waals surface area contributed by atoms with Crippen LogP contribution in [0.3, 0.4) is 0 Å². The van der Waals surface area contributed by atoms with Crippen LogP contribution in [0.4, 0.5) is 11.4 Å². The van der Waals surface area contributed by atoms with Gasteiger partial charge in [0.15, 0.2) is 0 Å². The molecule has 0 fully saturated rings. The fraction of sp³-hybridized carbons (Fsp3) is 0.125. The quantitative estimate of drug-likeness (QED) is 0.514. The molecule has 0 aromatic heterocycles. The van der Waals surface area contributed by atoms with Crippen LogP contribution >= 0.6 is 15.9 Å². The average Bonchev–Trinajstić information content (AvgIpc) is 2.10. The van der Waals surface area contributed by atoms with E-state index in [-0.39, 0.29) is 5.69 Å². The summed E-state index contributed by atoms with van der Waals surface area (Å²) >= 11 is 3.08. The highest BCUT2D eigenvalue weighted by Crippen LogP contribution is 2.32. The van der Waals surface area contributed by atoms with E-state index in [0.717, 1.165) is 0 Å². The number of carbonyl (C=O) groups is 1. The van der Waals surface area contributed by atoms with Crippen LogP contribution < -0.4 is 5.32 Å². The van der Waals surface area contributed by atoms with Crippen LogP contribution in [0, 0.1) is 17.0 Å². The molecule has 1 aromatic rings. The fourth-order valence-electron chi connectivity index (χ4n) is 1.11. The van der Waals surface area contributed by atoms with E-state index in [2.05, 4.69) is 21.2 Å². The van der Waals surface area contributed by atoms with Crippen molar-refractivity contribution >= 4 is 33.7 Å². The predicted molar refractivity (Wildman–Crippen MR) is 55.2 cm³/mol. The first kappa shape index (κ1) is 10.6. The number of anilines is 1. The molecule has 74 valence electrons. The predicted octanol–water partition coefficient (Wildman–Crippen LogP) is 2.23. The van der Waals surface area contributed by atoms with Crippen LogP contribution in [-0.2, 0) is 4.79 Å². The summed E-state index contributed by atoms with van der Waals surface area (Å²) in [5.74, 6) is 0. The zero-order valence-corrected chi connectivity index (χ0v) is 8.87. The Morgan fingerprint density at radius 3 is 2.71 bits per heavy atom. The molecule has 0 saturated carbocycles. The standard InChI is InChI=1S/C8H7BrN2O3/c1-5-7(10-4-12)3-2-6(9)8(5)11(13)14/h2-4H,1H3,(H,10,12). The first-order chi connectivity index (χ1) is 6.57. The topological polar surface area (TPSA) is 72.2 Å². The molecule has 1 amide bonds. The second-order valence-electron chi connectivity index (χ2n) is 2.59. The lowest BCUT2D eigenvalue weighted by molar-refractivity contribution is -0.386. The zero-order chi connectivity index (χ0) is 10.7. The number of hydrogen-bond donors (Lipinski definition) is 1. The van der Waals surface area contributed by atoms with Gasteiger partial charge in [-0.1, -0.05) is 0 Å². The molecule has 0 saturated heterocycles. The number of nitro groups is 1. The maximum atomic E-state index is 10.7. The van der Waals surface area contributed by atoms with Gasteiger partial charge >= 0.3 is 0 Å². The highest BCUT2D eigenvalue weighted by Gasteiger charge is 2.18. The van der Waals surface area contributed by atoms with Gasteiger partial charge in [-0.25, -0.2) is 0 Å². The van der Waals surface area contributed by atoms with Gasteiger partial charge in [-0.3, -0.25) is 14.9 Å². The van der Waals surface area contributed by atoms with Gasteiger partial charge in [0.25, 0.3) is 5.69 Å². The Morgan fingerprint density at radius 1 is 1.57 bits per heavy atom.